The number of imidazole rings is 1. The van der Waals surface area contributed by atoms with E-state index in [0.717, 1.165) is 36.8 Å². The minimum atomic E-state index is -4.80. The van der Waals surface area contributed by atoms with E-state index in [1.165, 1.54) is 35.9 Å². The fourth-order valence-corrected chi connectivity index (χ4v) is 6.44. The Bertz CT molecular complexity index is 1500. The number of carbonyl (C=O) groups is 2. The van der Waals surface area contributed by atoms with Crippen molar-refractivity contribution >= 4 is 27.5 Å². The topological polar surface area (TPSA) is 120 Å². The molecule has 0 unspecified atom stereocenters. The molecule has 0 aliphatic carbocycles. The highest BCUT2D eigenvalue weighted by Gasteiger charge is 2.39. The number of aryl methyl sites for hydroxylation is 1. The lowest BCUT2D eigenvalue weighted by Gasteiger charge is -2.33. The molecule has 0 radical (unpaired) electrons. The van der Waals surface area contributed by atoms with E-state index in [9.17, 15) is 31.2 Å². The molecule has 2 aromatic rings. The number of amides is 2. The van der Waals surface area contributed by atoms with Crippen molar-refractivity contribution < 1.29 is 31.2 Å². The summed E-state index contributed by atoms with van der Waals surface area (Å²) in [6.45, 7) is 4.33. The molecule has 0 spiro atoms. The number of sulfonamides is 1. The Morgan fingerprint density at radius 2 is 1.71 bits per heavy atom. The van der Waals surface area contributed by atoms with Crippen molar-refractivity contribution in [1.82, 2.24) is 18.8 Å². The Hall–Kier alpha value is -3.54. The number of aromatic nitrogens is 2. The van der Waals surface area contributed by atoms with E-state index in [0.29, 0.717) is 45.1 Å². The molecule has 3 heterocycles. The molecule has 10 nitrogen and oxygen atoms in total. The van der Waals surface area contributed by atoms with Gasteiger partial charge >= 0.3 is 6.18 Å². The molecule has 0 N–H and O–H groups in total. The van der Waals surface area contributed by atoms with Crippen LogP contribution in [-0.2, 0) is 32.8 Å². The average molecular weight is 593 g/mol. The number of hydrogen-bond donors (Lipinski definition) is 0. The summed E-state index contributed by atoms with van der Waals surface area (Å²) in [7, 11) is -1.88. The van der Waals surface area contributed by atoms with E-state index < -0.39 is 39.1 Å². The maximum atomic E-state index is 13.4. The maximum Gasteiger partial charge on any atom is 0.417 e. The number of benzene rings is 1. The zero-order valence-corrected chi connectivity index (χ0v) is 23.6. The van der Waals surface area contributed by atoms with Crippen molar-refractivity contribution in [2.24, 2.45) is 7.05 Å². The Morgan fingerprint density at radius 3 is 2.32 bits per heavy atom. The van der Waals surface area contributed by atoms with E-state index >= 15 is 0 Å². The third kappa shape index (κ3) is 6.52. The van der Waals surface area contributed by atoms with Gasteiger partial charge in [-0.1, -0.05) is 12.8 Å². The van der Waals surface area contributed by atoms with E-state index in [1.807, 2.05) is 0 Å². The lowest BCUT2D eigenvalue weighted by Crippen LogP contribution is -2.48. The number of alkyl halides is 3. The summed E-state index contributed by atoms with van der Waals surface area (Å²) in [5.74, 6) is -1.30. The molecule has 0 bridgehead atoms. The fourth-order valence-electron chi connectivity index (χ4n) is 5.06. The van der Waals surface area contributed by atoms with Gasteiger partial charge in [0.15, 0.2) is 5.03 Å². The predicted octanol–water partition coefficient (Wildman–Crippen LogP) is 3.46. The van der Waals surface area contributed by atoms with Crippen LogP contribution in [0.2, 0.25) is 0 Å². The van der Waals surface area contributed by atoms with Gasteiger partial charge in [0.25, 0.3) is 21.8 Å². The minimum absolute atomic E-state index is 0.0485. The number of piperazine rings is 1. The van der Waals surface area contributed by atoms with E-state index in [2.05, 4.69) is 9.88 Å². The summed E-state index contributed by atoms with van der Waals surface area (Å²) in [6, 6.07) is 4.29. The normalized spacial score (nSPS) is 17.5. The monoisotopic (exact) mass is 592 g/mol. The van der Waals surface area contributed by atoms with Crippen LogP contribution in [0.3, 0.4) is 0 Å². The first-order valence-electron chi connectivity index (χ1n) is 13.2. The first kappa shape index (κ1) is 30.4. The summed E-state index contributed by atoms with van der Waals surface area (Å²) >= 11 is 0. The third-order valence-corrected chi connectivity index (χ3v) is 9.18. The van der Waals surface area contributed by atoms with Crippen molar-refractivity contribution in [1.29, 1.82) is 5.26 Å². The van der Waals surface area contributed by atoms with Crippen LogP contribution < -0.4 is 4.90 Å². The summed E-state index contributed by atoms with van der Waals surface area (Å²) in [6.07, 6.45) is 1.66. The first-order chi connectivity index (χ1) is 19.3. The Labute approximate surface area is 236 Å². The van der Waals surface area contributed by atoms with Crippen LogP contribution in [0.15, 0.2) is 46.9 Å². The van der Waals surface area contributed by atoms with Crippen LogP contribution in [0.5, 0.6) is 0 Å². The second-order valence-electron chi connectivity index (χ2n) is 10.2. The number of nitrogens with zero attached hydrogens (tertiary/aromatic N) is 6. The Morgan fingerprint density at radius 1 is 1.02 bits per heavy atom. The van der Waals surface area contributed by atoms with Gasteiger partial charge < -0.3 is 9.47 Å². The molecule has 1 fully saturated rings. The number of hydrogen-bond acceptors (Lipinski definition) is 7. The highest BCUT2D eigenvalue weighted by atomic mass is 32.2. The zero-order valence-electron chi connectivity index (χ0n) is 22.8. The van der Waals surface area contributed by atoms with E-state index in [4.69, 9.17) is 5.26 Å². The smallest absolute Gasteiger partial charge is 0.339 e. The van der Waals surface area contributed by atoms with Crippen molar-refractivity contribution in [3.05, 3.63) is 53.0 Å². The quantitative estimate of drug-likeness (QED) is 0.306. The Kier molecular flexibility index (Phi) is 9.00. The average Bonchev–Trinajstić information content (AvgIpc) is 3.47. The minimum Gasteiger partial charge on any atom is -0.339 e. The van der Waals surface area contributed by atoms with Gasteiger partial charge in [0, 0.05) is 50.6 Å². The highest BCUT2D eigenvalue weighted by Crippen LogP contribution is 2.37. The molecule has 0 saturated carbocycles. The van der Waals surface area contributed by atoms with Crippen LogP contribution in [0.4, 0.5) is 18.9 Å². The van der Waals surface area contributed by atoms with Gasteiger partial charge in [-0.15, -0.1) is 0 Å². The fraction of sp³-hybridized carbons (Fsp3) is 0.481. The van der Waals surface area contributed by atoms with Crippen molar-refractivity contribution in [3.63, 3.8) is 0 Å². The van der Waals surface area contributed by atoms with Gasteiger partial charge in [-0.05, 0) is 50.9 Å². The summed E-state index contributed by atoms with van der Waals surface area (Å²) < 4.78 is 68.6. The lowest BCUT2D eigenvalue weighted by molar-refractivity contribution is -0.138. The van der Waals surface area contributed by atoms with Gasteiger partial charge in [0.1, 0.15) is 0 Å². The molecular weight excluding hydrogens is 561 g/mol. The zero-order chi connectivity index (χ0) is 29.9. The van der Waals surface area contributed by atoms with E-state index in [-0.39, 0.29) is 21.9 Å². The molecule has 4 rings (SSSR count). The second kappa shape index (κ2) is 12.1. The number of halogens is 3. The van der Waals surface area contributed by atoms with E-state index in [1.54, 1.807) is 11.6 Å². The summed E-state index contributed by atoms with van der Waals surface area (Å²) in [4.78, 5) is 32.7. The third-order valence-electron chi connectivity index (χ3n) is 7.39. The molecule has 2 aliphatic rings. The van der Waals surface area contributed by atoms with Gasteiger partial charge in [-0.2, -0.15) is 22.7 Å². The molecule has 1 aromatic carbocycles. The van der Waals surface area contributed by atoms with Crippen molar-refractivity contribution in [2.75, 3.05) is 37.6 Å². The largest absolute Gasteiger partial charge is 0.417 e. The number of unbranched alkanes of at least 4 members (excludes halogenated alkanes) is 3. The predicted molar refractivity (Wildman–Crippen MR) is 143 cm³/mol. The van der Waals surface area contributed by atoms with Crippen LogP contribution in [0.25, 0.3) is 0 Å². The summed E-state index contributed by atoms with van der Waals surface area (Å²) in [5, 5.41) is 9.05. The number of rotatable bonds is 10. The molecule has 14 heteroatoms. The molecule has 0 atom stereocenters. The molecule has 2 amide bonds. The molecule has 2 aliphatic heterocycles. The van der Waals surface area contributed by atoms with Crippen molar-refractivity contribution in [2.45, 2.75) is 50.2 Å². The first-order valence-corrected chi connectivity index (χ1v) is 14.7. The van der Waals surface area contributed by atoms with Crippen molar-refractivity contribution in [3.8, 4) is 6.07 Å². The number of imide groups is 1. The molecule has 1 aromatic heterocycles. The molecule has 1 saturated heterocycles. The maximum absolute atomic E-state index is 13.4. The van der Waals surface area contributed by atoms with Gasteiger partial charge in [-0.3, -0.25) is 9.59 Å². The molecule has 220 valence electrons. The molecular formula is C27H31F3N6O4S. The standard InChI is InChI=1S/C27H31F3N6O4S/c1-19-22(26(38)36(25(19)37)21-9-8-20(16-31)23(15-21)27(28,29)30)7-5-3-4-6-10-34-11-13-35(14-12-34)41(39,40)24-17-33(2)18-32-24/h8-9,15,17-18H,3-7,10-14H2,1-2H3. The number of anilines is 1. The Balaban J connectivity index is 1.22. The SMILES string of the molecule is CC1=C(CCCCCCN2CCN(S(=O)(=O)c3cn(C)cn3)CC2)C(=O)N(c2ccc(C#N)c(C(F)(F)F)c2)C1=O. The molecule has 41 heavy (non-hydrogen) atoms. The van der Waals surface area contributed by atoms with Gasteiger partial charge in [-0.25, -0.2) is 18.3 Å². The number of carbonyl (C=O) groups excluding carboxylic acids is 2. The van der Waals surface area contributed by atoms with Crippen LogP contribution in [-0.4, -0.2) is 71.7 Å². The van der Waals surface area contributed by atoms with Gasteiger partial charge in [0.05, 0.1) is 29.2 Å². The van der Waals surface area contributed by atoms with Crippen LogP contribution >= 0.6 is 0 Å². The summed E-state index contributed by atoms with van der Waals surface area (Å²) in [5.41, 5.74) is -1.49. The van der Waals surface area contributed by atoms with Crippen LogP contribution in [0, 0.1) is 11.3 Å². The second-order valence-corrected chi connectivity index (χ2v) is 12.1. The van der Waals surface area contributed by atoms with Crippen LogP contribution in [0.1, 0.15) is 50.2 Å². The van der Waals surface area contributed by atoms with Gasteiger partial charge in [0.2, 0.25) is 0 Å². The number of nitriles is 1. The highest BCUT2D eigenvalue weighted by molar-refractivity contribution is 7.89. The lowest BCUT2D eigenvalue weighted by atomic mass is 10.0.